The van der Waals surface area contributed by atoms with Crippen LogP contribution < -0.4 is 20.1 Å². The van der Waals surface area contributed by atoms with Crippen molar-refractivity contribution in [2.75, 3.05) is 23.8 Å². The number of hydrogen-bond donors (Lipinski definition) is 2. The van der Waals surface area contributed by atoms with Gasteiger partial charge in [-0.05, 0) is 55.3 Å². The molecular formula is C22H29ClN2O3. The van der Waals surface area contributed by atoms with Gasteiger partial charge in [-0.15, -0.1) is 0 Å². The van der Waals surface area contributed by atoms with Crippen LogP contribution in [0.3, 0.4) is 0 Å². The third-order valence-corrected chi connectivity index (χ3v) is 4.27. The fourth-order valence-electron chi connectivity index (χ4n) is 2.49. The number of nitrogens with one attached hydrogen (secondary N) is 2. The van der Waals surface area contributed by atoms with E-state index in [1.165, 1.54) is 0 Å². The zero-order valence-corrected chi connectivity index (χ0v) is 17.7. The van der Waals surface area contributed by atoms with Crippen molar-refractivity contribution in [2.24, 2.45) is 5.92 Å². The number of benzene rings is 2. The second-order valence-electron chi connectivity index (χ2n) is 6.76. The lowest BCUT2D eigenvalue weighted by Crippen LogP contribution is -2.17. The van der Waals surface area contributed by atoms with Gasteiger partial charge in [-0.3, -0.25) is 4.79 Å². The van der Waals surface area contributed by atoms with Crippen molar-refractivity contribution in [1.29, 1.82) is 0 Å². The first kappa shape index (κ1) is 21.9. The van der Waals surface area contributed by atoms with Crippen molar-refractivity contribution >= 4 is 28.9 Å². The van der Waals surface area contributed by atoms with Crippen molar-refractivity contribution in [3.63, 3.8) is 0 Å². The normalized spacial score (nSPS) is 10.6. The average molecular weight is 405 g/mol. The number of rotatable bonds is 10. The quantitative estimate of drug-likeness (QED) is 0.530. The summed E-state index contributed by atoms with van der Waals surface area (Å²) in [6.45, 7) is 9.44. The zero-order chi connectivity index (χ0) is 20.5. The Balaban J connectivity index is 2.04. The first-order chi connectivity index (χ1) is 13.4. The summed E-state index contributed by atoms with van der Waals surface area (Å²) < 4.78 is 11.4. The molecule has 6 heteroatoms. The minimum atomic E-state index is -0.0497. The first-order valence-corrected chi connectivity index (χ1v) is 10.0. The maximum Gasteiger partial charge on any atom is 0.226 e. The smallest absolute Gasteiger partial charge is 0.226 e. The summed E-state index contributed by atoms with van der Waals surface area (Å²) in [5, 5.41) is 6.78. The van der Waals surface area contributed by atoms with Gasteiger partial charge in [-0.25, -0.2) is 0 Å². The molecule has 0 aliphatic heterocycles. The molecule has 0 aromatic heterocycles. The number of halogens is 1. The standard InChI is InChI=1S/C22H29ClN2O3/c1-5-11-28-21-19(23)12-16(13-20(21)27-6-2)14-24-17-7-9-18(10-8-17)25-22(26)15(3)4/h7-10,12-13,15,24H,5-6,11,14H2,1-4H3,(H,25,26). The van der Waals surface area contributed by atoms with Gasteiger partial charge in [-0.2, -0.15) is 0 Å². The van der Waals surface area contributed by atoms with Crippen LogP contribution in [0, 0.1) is 5.92 Å². The Bertz CT molecular complexity index is 776. The molecule has 0 aliphatic rings. The van der Waals surface area contributed by atoms with Crippen LogP contribution in [0.4, 0.5) is 11.4 Å². The first-order valence-electron chi connectivity index (χ1n) is 9.67. The van der Waals surface area contributed by atoms with Crippen molar-refractivity contribution in [1.82, 2.24) is 0 Å². The highest BCUT2D eigenvalue weighted by molar-refractivity contribution is 6.32. The summed E-state index contributed by atoms with van der Waals surface area (Å²) in [5.74, 6) is 1.21. The monoisotopic (exact) mass is 404 g/mol. The maximum absolute atomic E-state index is 11.8. The Morgan fingerprint density at radius 3 is 2.36 bits per heavy atom. The molecule has 0 unspecified atom stereocenters. The van der Waals surface area contributed by atoms with Crippen LogP contribution in [-0.4, -0.2) is 19.1 Å². The Morgan fingerprint density at radius 1 is 1.07 bits per heavy atom. The number of carbonyl (C=O) groups excluding carboxylic acids is 1. The number of ether oxygens (including phenoxy) is 2. The van der Waals surface area contributed by atoms with Crippen molar-refractivity contribution in [3.8, 4) is 11.5 Å². The summed E-state index contributed by atoms with van der Waals surface area (Å²) in [5.41, 5.74) is 2.72. The minimum Gasteiger partial charge on any atom is -0.490 e. The zero-order valence-electron chi connectivity index (χ0n) is 17.0. The van der Waals surface area contributed by atoms with E-state index < -0.39 is 0 Å². The Morgan fingerprint density at radius 2 is 1.75 bits per heavy atom. The van der Waals surface area contributed by atoms with E-state index in [0.717, 1.165) is 23.4 Å². The molecule has 2 N–H and O–H groups in total. The van der Waals surface area contributed by atoms with Crippen LogP contribution in [0.1, 0.15) is 39.7 Å². The maximum atomic E-state index is 11.8. The lowest BCUT2D eigenvalue weighted by atomic mass is 10.2. The molecule has 0 radical (unpaired) electrons. The van der Waals surface area contributed by atoms with Crippen LogP contribution in [0.2, 0.25) is 5.02 Å². The number of hydrogen-bond acceptors (Lipinski definition) is 4. The Hall–Kier alpha value is -2.40. The lowest BCUT2D eigenvalue weighted by molar-refractivity contribution is -0.118. The highest BCUT2D eigenvalue weighted by Crippen LogP contribution is 2.37. The molecule has 152 valence electrons. The topological polar surface area (TPSA) is 59.6 Å². The van der Waals surface area contributed by atoms with E-state index in [-0.39, 0.29) is 11.8 Å². The van der Waals surface area contributed by atoms with E-state index in [9.17, 15) is 4.79 Å². The van der Waals surface area contributed by atoms with Crippen LogP contribution in [-0.2, 0) is 11.3 Å². The molecule has 0 saturated heterocycles. The van der Waals surface area contributed by atoms with Gasteiger partial charge < -0.3 is 20.1 Å². The van der Waals surface area contributed by atoms with Gasteiger partial charge in [0.1, 0.15) is 0 Å². The molecule has 2 rings (SSSR count). The third-order valence-electron chi connectivity index (χ3n) is 3.99. The Labute approximate surface area is 172 Å². The van der Waals surface area contributed by atoms with Gasteiger partial charge in [0, 0.05) is 23.8 Å². The molecule has 5 nitrogen and oxygen atoms in total. The van der Waals surface area contributed by atoms with Crippen molar-refractivity contribution in [2.45, 2.75) is 40.7 Å². The second kappa shape index (κ2) is 10.8. The number of amides is 1. The largest absolute Gasteiger partial charge is 0.490 e. The molecule has 0 heterocycles. The molecule has 1 amide bonds. The van der Waals surface area contributed by atoms with E-state index in [1.54, 1.807) is 0 Å². The van der Waals surface area contributed by atoms with Gasteiger partial charge >= 0.3 is 0 Å². The molecule has 0 bridgehead atoms. The summed E-state index contributed by atoms with van der Waals surface area (Å²) in [6, 6.07) is 11.5. The van der Waals surface area contributed by atoms with E-state index in [0.29, 0.717) is 36.3 Å². The fourth-order valence-corrected chi connectivity index (χ4v) is 2.78. The summed E-state index contributed by atoms with van der Waals surface area (Å²) >= 11 is 6.41. The summed E-state index contributed by atoms with van der Waals surface area (Å²) in [4.78, 5) is 11.8. The van der Waals surface area contributed by atoms with Gasteiger partial charge in [0.05, 0.1) is 18.2 Å². The molecule has 2 aromatic carbocycles. The molecule has 28 heavy (non-hydrogen) atoms. The Kier molecular flexibility index (Phi) is 8.45. The SMILES string of the molecule is CCCOc1c(Cl)cc(CNc2ccc(NC(=O)C(C)C)cc2)cc1OCC. The van der Waals surface area contributed by atoms with Crippen LogP contribution >= 0.6 is 11.6 Å². The molecule has 0 atom stereocenters. The van der Waals surface area contributed by atoms with Gasteiger partial charge in [-0.1, -0.05) is 32.4 Å². The molecule has 0 aliphatic carbocycles. The molecule has 0 saturated carbocycles. The fraction of sp³-hybridized carbons (Fsp3) is 0.409. The van der Waals surface area contributed by atoms with Gasteiger partial charge in [0.2, 0.25) is 5.91 Å². The van der Waals surface area contributed by atoms with E-state index in [4.69, 9.17) is 21.1 Å². The lowest BCUT2D eigenvalue weighted by Gasteiger charge is -2.15. The van der Waals surface area contributed by atoms with Crippen LogP contribution in [0.5, 0.6) is 11.5 Å². The molecular weight excluding hydrogens is 376 g/mol. The van der Waals surface area contributed by atoms with Crippen LogP contribution in [0.15, 0.2) is 36.4 Å². The molecule has 0 fully saturated rings. The summed E-state index contributed by atoms with van der Waals surface area (Å²) in [6.07, 6.45) is 0.902. The summed E-state index contributed by atoms with van der Waals surface area (Å²) in [7, 11) is 0. The highest BCUT2D eigenvalue weighted by Gasteiger charge is 2.12. The van der Waals surface area contributed by atoms with E-state index in [2.05, 4.69) is 10.6 Å². The van der Waals surface area contributed by atoms with E-state index >= 15 is 0 Å². The van der Waals surface area contributed by atoms with Crippen molar-refractivity contribution < 1.29 is 14.3 Å². The van der Waals surface area contributed by atoms with Crippen LogP contribution in [0.25, 0.3) is 0 Å². The van der Waals surface area contributed by atoms with Gasteiger partial charge in [0.15, 0.2) is 11.5 Å². The molecule has 2 aromatic rings. The minimum absolute atomic E-state index is 0.00388. The average Bonchev–Trinajstić information content (AvgIpc) is 2.67. The van der Waals surface area contributed by atoms with Gasteiger partial charge in [0.25, 0.3) is 0 Å². The molecule has 0 spiro atoms. The number of anilines is 2. The predicted molar refractivity (Wildman–Crippen MR) is 116 cm³/mol. The third kappa shape index (κ3) is 6.34. The second-order valence-corrected chi connectivity index (χ2v) is 7.17. The highest BCUT2D eigenvalue weighted by atomic mass is 35.5. The predicted octanol–water partition coefficient (Wildman–Crippen LogP) is 5.73. The number of carbonyl (C=O) groups is 1. The van der Waals surface area contributed by atoms with Crippen molar-refractivity contribution in [3.05, 3.63) is 47.0 Å². The van der Waals surface area contributed by atoms with E-state index in [1.807, 2.05) is 64.1 Å².